The third-order valence-electron chi connectivity index (χ3n) is 5.98. The van der Waals surface area contributed by atoms with Crippen molar-refractivity contribution in [2.75, 3.05) is 26.7 Å². The zero-order valence-electron chi connectivity index (χ0n) is 16.5. The van der Waals surface area contributed by atoms with Crippen LogP contribution in [0.1, 0.15) is 55.4 Å². The zero-order chi connectivity index (χ0) is 18.5. The lowest BCUT2D eigenvalue weighted by Crippen LogP contribution is -2.31. The number of hydrogen-bond acceptors (Lipinski definition) is 4. The maximum absolute atomic E-state index is 6.04. The summed E-state index contributed by atoms with van der Waals surface area (Å²) in [7, 11) is 2.21. The molecule has 0 radical (unpaired) electrons. The molecule has 1 aromatic carbocycles. The van der Waals surface area contributed by atoms with Gasteiger partial charge in [0.25, 0.3) is 0 Å². The first-order valence-corrected chi connectivity index (χ1v) is 10.6. The molecule has 0 saturated carbocycles. The number of benzene rings is 1. The molecule has 3 heterocycles. The van der Waals surface area contributed by atoms with E-state index in [4.69, 9.17) is 14.8 Å². The molecule has 27 heavy (non-hydrogen) atoms. The van der Waals surface area contributed by atoms with Gasteiger partial charge in [0.2, 0.25) is 0 Å². The number of hydrogen-bond donors (Lipinski definition) is 0. The summed E-state index contributed by atoms with van der Waals surface area (Å²) in [5, 5.41) is 4.93. The molecule has 4 rings (SSSR count). The van der Waals surface area contributed by atoms with Crippen LogP contribution in [0.4, 0.5) is 0 Å². The topological polar surface area (TPSA) is 43.2 Å². The molecule has 5 nitrogen and oxygen atoms in total. The minimum absolute atomic E-state index is 0.119. The van der Waals surface area contributed by atoms with Crippen LogP contribution in [0.2, 0.25) is 0 Å². The highest BCUT2D eigenvalue weighted by molar-refractivity contribution is 5.14. The van der Waals surface area contributed by atoms with Crippen molar-refractivity contribution in [2.24, 2.45) is 5.92 Å². The van der Waals surface area contributed by atoms with Crippen LogP contribution in [0.15, 0.2) is 30.3 Å². The molecule has 2 saturated heterocycles. The normalized spacial score (nSPS) is 22.2. The van der Waals surface area contributed by atoms with Crippen LogP contribution < -0.4 is 0 Å². The molecule has 1 atom stereocenters. The lowest BCUT2D eigenvalue weighted by atomic mass is 9.93. The van der Waals surface area contributed by atoms with E-state index in [2.05, 4.69) is 47.0 Å². The Bertz CT molecular complexity index is 700. The molecule has 2 aromatic rings. The van der Waals surface area contributed by atoms with Gasteiger partial charge in [-0.3, -0.25) is 0 Å². The van der Waals surface area contributed by atoms with E-state index in [9.17, 15) is 0 Å². The second-order valence-electron chi connectivity index (χ2n) is 8.15. The minimum Gasteiger partial charge on any atom is -0.370 e. The van der Waals surface area contributed by atoms with Gasteiger partial charge in [-0.05, 0) is 70.1 Å². The van der Waals surface area contributed by atoms with Gasteiger partial charge in [-0.25, -0.2) is 9.67 Å². The van der Waals surface area contributed by atoms with Crippen molar-refractivity contribution >= 4 is 0 Å². The maximum atomic E-state index is 6.04. The third kappa shape index (κ3) is 4.96. The molecule has 1 aromatic heterocycles. The van der Waals surface area contributed by atoms with E-state index >= 15 is 0 Å². The highest BCUT2D eigenvalue weighted by Gasteiger charge is 2.25. The summed E-state index contributed by atoms with van der Waals surface area (Å²) in [6.45, 7) is 4.11. The Kier molecular flexibility index (Phi) is 6.20. The summed E-state index contributed by atoms with van der Waals surface area (Å²) in [6, 6.07) is 10.7. The van der Waals surface area contributed by atoms with Crippen molar-refractivity contribution in [2.45, 2.75) is 57.6 Å². The van der Waals surface area contributed by atoms with Crippen molar-refractivity contribution in [3.05, 3.63) is 47.5 Å². The van der Waals surface area contributed by atoms with E-state index < -0.39 is 0 Å². The van der Waals surface area contributed by atoms with Crippen LogP contribution >= 0.6 is 0 Å². The molecular weight excluding hydrogens is 336 g/mol. The van der Waals surface area contributed by atoms with Crippen molar-refractivity contribution in [1.29, 1.82) is 0 Å². The molecule has 2 aliphatic heterocycles. The monoisotopic (exact) mass is 368 g/mol. The Labute approximate surface area is 162 Å². The first-order chi connectivity index (χ1) is 13.3. The molecule has 2 aliphatic rings. The van der Waals surface area contributed by atoms with Crippen LogP contribution in [-0.2, 0) is 24.1 Å². The van der Waals surface area contributed by atoms with Gasteiger partial charge in [0, 0.05) is 19.6 Å². The zero-order valence-corrected chi connectivity index (χ0v) is 16.5. The smallest absolute Gasteiger partial charge is 0.156 e. The molecule has 2 fully saturated rings. The number of nitrogens with zero attached hydrogens (tertiary/aromatic N) is 4. The Morgan fingerprint density at radius 1 is 1.07 bits per heavy atom. The Morgan fingerprint density at radius 2 is 1.89 bits per heavy atom. The summed E-state index contributed by atoms with van der Waals surface area (Å²) < 4.78 is 8.18. The van der Waals surface area contributed by atoms with Crippen molar-refractivity contribution in [3.8, 4) is 0 Å². The fraction of sp³-hybridized carbons (Fsp3) is 0.636. The third-order valence-corrected chi connectivity index (χ3v) is 5.98. The molecule has 0 bridgehead atoms. The van der Waals surface area contributed by atoms with E-state index in [-0.39, 0.29) is 6.10 Å². The number of piperidine rings is 1. The molecule has 1 unspecified atom stereocenters. The Balaban J connectivity index is 1.47. The fourth-order valence-corrected chi connectivity index (χ4v) is 4.24. The van der Waals surface area contributed by atoms with Gasteiger partial charge in [0.1, 0.15) is 6.10 Å². The van der Waals surface area contributed by atoms with E-state index in [1.165, 1.54) is 37.9 Å². The summed E-state index contributed by atoms with van der Waals surface area (Å²) >= 11 is 0. The fourth-order valence-electron chi connectivity index (χ4n) is 4.24. The van der Waals surface area contributed by atoms with E-state index in [1.54, 1.807) is 0 Å². The predicted octanol–water partition coefficient (Wildman–Crippen LogP) is 3.65. The van der Waals surface area contributed by atoms with Crippen LogP contribution in [0.25, 0.3) is 0 Å². The van der Waals surface area contributed by atoms with Crippen LogP contribution in [0, 0.1) is 5.92 Å². The summed E-state index contributed by atoms with van der Waals surface area (Å²) in [5.74, 6) is 2.78. The highest BCUT2D eigenvalue weighted by Crippen LogP contribution is 2.28. The van der Waals surface area contributed by atoms with Crippen LogP contribution in [-0.4, -0.2) is 46.4 Å². The average Bonchev–Trinajstić information content (AvgIpc) is 3.12. The van der Waals surface area contributed by atoms with Gasteiger partial charge in [-0.1, -0.05) is 30.3 Å². The number of rotatable bonds is 6. The van der Waals surface area contributed by atoms with E-state index in [0.29, 0.717) is 5.92 Å². The Hall–Kier alpha value is -1.72. The maximum Gasteiger partial charge on any atom is 0.156 e. The second-order valence-corrected chi connectivity index (χ2v) is 8.15. The second kappa shape index (κ2) is 8.98. The van der Waals surface area contributed by atoms with Crippen LogP contribution in [0.5, 0.6) is 0 Å². The predicted molar refractivity (Wildman–Crippen MR) is 107 cm³/mol. The summed E-state index contributed by atoms with van der Waals surface area (Å²) in [4.78, 5) is 7.39. The van der Waals surface area contributed by atoms with Gasteiger partial charge in [0.05, 0.1) is 0 Å². The van der Waals surface area contributed by atoms with Gasteiger partial charge >= 0.3 is 0 Å². The van der Waals surface area contributed by atoms with Crippen molar-refractivity contribution in [1.82, 2.24) is 19.7 Å². The molecule has 0 amide bonds. The number of ether oxygens (including phenoxy) is 1. The molecule has 5 heteroatoms. The first-order valence-electron chi connectivity index (χ1n) is 10.6. The SMILES string of the molecule is CN1CCC(Cc2nc(C3CCCCO3)n(CCc3ccccc3)n2)CC1. The number of aromatic nitrogens is 3. The minimum atomic E-state index is 0.119. The lowest BCUT2D eigenvalue weighted by Gasteiger charge is -2.28. The van der Waals surface area contributed by atoms with E-state index in [0.717, 1.165) is 50.5 Å². The first kappa shape index (κ1) is 18.6. The molecule has 0 aliphatic carbocycles. The molecule has 0 N–H and O–H groups in total. The van der Waals surface area contributed by atoms with Gasteiger partial charge < -0.3 is 9.64 Å². The van der Waals surface area contributed by atoms with E-state index in [1.807, 2.05) is 0 Å². The Morgan fingerprint density at radius 3 is 2.63 bits per heavy atom. The molecular formula is C22H32N4O. The average molecular weight is 369 g/mol. The number of likely N-dealkylation sites (tertiary alicyclic amines) is 1. The quantitative estimate of drug-likeness (QED) is 0.781. The standard InChI is InChI=1S/C22H32N4O/c1-25-13-10-19(11-14-25)17-21-23-22(20-9-5-6-16-27-20)26(24-21)15-12-18-7-3-2-4-8-18/h2-4,7-8,19-20H,5-6,9-17H2,1H3. The largest absolute Gasteiger partial charge is 0.370 e. The van der Waals surface area contributed by atoms with Gasteiger partial charge in [0.15, 0.2) is 11.6 Å². The summed E-state index contributed by atoms with van der Waals surface area (Å²) in [5.41, 5.74) is 1.35. The summed E-state index contributed by atoms with van der Waals surface area (Å²) in [6.07, 6.45) is 8.07. The molecule has 146 valence electrons. The van der Waals surface area contributed by atoms with Gasteiger partial charge in [-0.2, -0.15) is 5.10 Å². The van der Waals surface area contributed by atoms with Gasteiger partial charge in [-0.15, -0.1) is 0 Å². The lowest BCUT2D eigenvalue weighted by molar-refractivity contribution is 0.00667. The van der Waals surface area contributed by atoms with Crippen LogP contribution in [0.3, 0.4) is 0 Å². The molecule has 0 spiro atoms. The van der Waals surface area contributed by atoms with Crippen molar-refractivity contribution < 1.29 is 4.74 Å². The number of aryl methyl sites for hydroxylation is 2. The highest BCUT2D eigenvalue weighted by atomic mass is 16.5. The van der Waals surface area contributed by atoms with Crippen molar-refractivity contribution in [3.63, 3.8) is 0 Å².